The standard InChI is InChI=1S/C19H32O/c1-3-5-7-8-9-10-11-14-18-16-12-15-17(19(18)20)13-6-4-2/h12,15-16,20H,3-11,13-14H2,1-2H3. The molecule has 1 nitrogen and oxygen atoms in total. The van der Waals surface area contributed by atoms with E-state index in [1.165, 1.54) is 51.4 Å². The molecule has 0 heterocycles. The minimum Gasteiger partial charge on any atom is -0.507 e. The molecule has 0 fully saturated rings. The Kier molecular flexibility index (Phi) is 9.19. The summed E-state index contributed by atoms with van der Waals surface area (Å²) in [4.78, 5) is 0. The van der Waals surface area contributed by atoms with Crippen LogP contribution in [-0.2, 0) is 12.8 Å². The molecule has 0 spiro atoms. The second-order valence-corrected chi connectivity index (χ2v) is 5.90. The SMILES string of the molecule is CCCCCCCCCc1cccc(CCCC)c1O. The van der Waals surface area contributed by atoms with Gasteiger partial charge in [-0.15, -0.1) is 0 Å². The summed E-state index contributed by atoms with van der Waals surface area (Å²) in [5.74, 6) is 0.562. The molecular formula is C19H32O. The smallest absolute Gasteiger partial charge is 0.121 e. The van der Waals surface area contributed by atoms with E-state index in [9.17, 15) is 5.11 Å². The van der Waals surface area contributed by atoms with Crippen molar-refractivity contribution in [1.29, 1.82) is 0 Å². The highest BCUT2D eigenvalue weighted by atomic mass is 16.3. The maximum absolute atomic E-state index is 10.3. The first kappa shape index (κ1) is 17.1. The van der Waals surface area contributed by atoms with Crippen LogP contribution in [0, 0.1) is 0 Å². The van der Waals surface area contributed by atoms with E-state index in [0.717, 1.165) is 30.4 Å². The van der Waals surface area contributed by atoms with E-state index < -0.39 is 0 Å². The largest absolute Gasteiger partial charge is 0.507 e. The van der Waals surface area contributed by atoms with Gasteiger partial charge in [0.2, 0.25) is 0 Å². The van der Waals surface area contributed by atoms with Crippen molar-refractivity contribution in [2.24, 2.45) is 0 Å². The van der Waals surface area contributed by atoms with E-state index in [0.29, 0.717) is 5.75 Å². The molecule has 0 aliphatic heterocycles. The van der Waals surface area contributed by atoms with Crippen LogP contribution in [-0.4, -0.2) is 5.11 Å². The zero-order valence-corrected chi connectivity index (χ0v) is 13.5. The number of aryl methyl sites for hydroxylation is 2. The Balaban J connectivity index is 2.29. The fraction of sp³-hybridized carbons (Fsp3) is 0.684. The van der Waals surface area contributed by atoms with Crippen molar-refractivity contribution in [3.8, 4) is 5.75 Å². The first-order chi connectivity index (χ1) is 9.79. The molecule has 1 aromatic carbocycles. The number of para-hydroxylation sites is 1. The van der Waals surface area contributed by atoms with Gasteiger partial charge in [0.25, 0.3) is 0 Å². The molecule has 0 unspecified atom stereocenters. The average molecular weight is 276 g/mol. The summed E-state index contributed by atoms with van der Waals surface area (Å²) < 4.78 is 0. The predicted molar refractivity (Wildman–Crippen MR) is 88.4 cm³/mol. The van der Waals surface area contributed by atoms with Crippen LogP contribution >= 0.6 is 0 Å². The van der Waals surface area contributed by atoms with Gasteiger partial charge in [-0.05, 0) is 36.8 Å². The normalized spacial score (nSPS) is 10.9. The molecular weight excluding hydrogens is 244 g/mol. The Morgan fingerprint density at radius 3 is 1.80 bits per heavy atom. The zero-order valence-electron chi connectivity index (χ0n) is 13.5. The lowest BCUT2D eigenvalue weighted by Gasteiger charge is -2.09. The lowest BCUT2D eigenvalue weighted by Crippen LogP contribution is -1.92. The molecule has 20 heavy (non-hydrogen) atoms. The van der Waals surface area contributed by atoms with Crippen molar-refractivity contribution in [3.63, 3.8) is 0 Å². The number of unbranched alkanes of at least 4 members (excludes halogenated alkanes) is 7. The minimum atomic E-state index is 0.562. The summed E-state index contributed by atoms with van der Waals surface area (Å²) in [6.07, 6.45) is 13.7. The molecule has 0 aliphatic rings. The molecule has 1 rings (SSSR count). The van der Waals surface area contributed by atoms with Crippen LogP contribution in [0.3, 0.4) is 0 Å². The topological polar surface area (TPSA) is 20.2 Å². The van der Waals surface area contributed by atoms with Crippen LogP contribution in [0.4, 0.5) is 0 Å². The van der Waals surface area contributed by atoms with Crippen molar-refractivity contribution in [2.75, 3.05) is 0 Å². The monoisotopic (exact) mass is 276 g/mol. The number of aromatic hydroxyl groups is 1. The highest BCUT2D eigenvalue weighted by molar-refractivity contribution is 5.40. The summed E-state index contributed by atoms with van der Waals surface area (Å²) in [5.41, 5.74) is 2.28. The van der Waals surface area contributed by atoms with Gasteiger partial charge in [-0.1, -0.05) is 77.0 Å². The van der Waals surface area contributed by atoms with Gasteiger partial charge < -0.3 is 5.11 Å². The van der Waals surface area contributed by atoms with Gasteiger partial charge in [0.15, 0.2) is 0 Å². The lowest BCUT2D eigenvalue weighted by atomic mass is 9.99. The molecule has 0 atom stereocenters. The molecule has 0 bridgehead atoms. The fourth-order valence-corrected chi connectivity index (χ4v) is 2.69. The molecule has 0 radical (unpaired) electrons. The Labute approximate surface area is 125 Å². The van der Waals surface area contributed by atoms with Crippen LogP contribution in [0.5, 0.6) is 5.75 Å². The minimum absolute atomic E-state index is 0.562. The van der Waals surface area contributed by atoms with Gasteiger partial charge in [0.1, 0.15) is 5.75 Å². The van der Waals surface area contributed by atoms with Gasteiger partial charge in [0, 0.05) is 0 Å². The maximum atomic E-state index is 10.3. The number of hydrogen-bond acceptors (Lipinski definition) is 1. The third-order valence-corrected chi connectivity index (χ3v) is 4.05. The highest BCUT2D eigenvalue weighted by Gasteiger charge is 2.06. The molecule has 1 aromatic rings. The summed E-state index contributed by atoms with van der Waals surface area (Å²) in [5, 5.41) is 10.3. The van der Waals surface area contributed by atoms with Gasteiger partial charge in [-0.3, -0.25) is 0 Å². The molecule has 0 aliphatic carbocycles. The van der Waals surface area contributed by atoms with Gasteiger partial charge >= 0.3 is 0 Å². The van der Waals surface area contributed by atoms with E-state index in [1.54, 1.807) is 0 Å². The molecule has 0 saturated heterocycles. The zero-order chi connectivity index (χ0) is 14.6. The van der Waals surface area contributed by atoms with E-state index in [1.807, 2.05) is 0 Å². The second kappa shape index (κ2) is 10.8. The van der Waals surface area contributed by atoms with Gasteiger partial charge in [-0.25, -0.2) is 0 Å². The maximum Gasteiger partial charge on any atom is 0.121 e. The first-order valence-corrected chi connectivity index (χ1v) is 8.59. The Morgan fingerprint density at radius 1 is 0.700 bits per heavy atom. The third kappa shape index (κ3) is 6.45. The number of rotatable bonds is 11. The Hall–Kier alpha value is -0.980. The van der Waals surface area contributed by atoms with Gasteiger partial charge in [0.05, 0.1) is 0 Å². The van der Waals surface area contributed by atoms with Crippen LogP contribution in [0.1, 0.15) is 82.8 Å². The summed E-state index contributed by atoms with van der Waals surface area (Å²) in [7, 11) is 0. The average Bonchev–Trinajstić information content (AvgIpc) is 2.46. The molecule has 0 amide bonds. The fourth-order valence-electron chi connectivity index (χ4n) is 2.69. The van der Waals surface area contributed by atoms with E-state index >= 15 is 0 Å². The highest BCUT2D eigenvalue weighted by Crippen LogP contribution is 2.25. The number of hydrogen-bond donors (Lipinski definition) is 1. The van der Waals surface area contributed by atoms with Crippen LogP contribution in [0.15, 0.2) is 18.2 Å². The summed E-state index contributed by atoms with van der Waals surface area (Å²) in [6.45, 7) is 4.45. The predicted octanol–water partition coefficient (Wildman–Crippen LogP) is 6.03. The molecule has 0 aromatic heterocycles. The van der Waals surface area contributed by atoms with Gasteiger partial charge in [-0.2, -0.15) is 0 Å². The van der Waals surface area contributed by atoms with Crippen molar-refractivity contribution >= 4 is 0 Å². The third-order valence-electron chi connectivity index (χ3n) is 4.05. The number of phenols is 1. The summed E-state index contributed by atoms with van der Waals surface area (Å²) in [6, 6.07) is 6.25. The summed E-state index contributed by atoms with van der Waals surface area (Å²) >= 11 is 0. The van der Waals surface area contributed by atoms with Crippen molar-refractivity contribution in [3.05, 3.63) is 29.3 Å². The van der Waals surface area contributed by atoms with E-state index in [2.05, 4.69) is 32.0 Å². The second-order valence-electron chi connectivity index (χ2n) is 5.90. The van der Waals surface area contributed by atoms with Crippen LogP contribution in [0.2, 0.25) is 0 Å². The van der Waals surface area contributed by atoms with Crippen molar-refractivity contribution in [1.82, 2.24) is 0 Å². The number of benzene rings is 1. The Bertz CT molecular complexity index is 357. The van der Waals surface area contributed by atoms with Crippen molar-refractivity contribution < 1.29 is 5.11 Å². The molecule has 114 valence electrons. The van der Waals surface area contributed by atoms with E-state index in [-0.39, 0.29) is 0 Å². The van der Waals surface area contributed by atoms with Crippen LogP contribution < -0.4 is 0 Å². The van der Waals surface area contributed by atoms with E-state index in [4.69, 9.17) is 0 Å². The molecule has 1 heteroatoms. The lowest BCUT2D eigenvalue weighted by molar-refractivity contribution is 0.457. The number of phenolic OH excluding ortho intramolecular Hbond substituents is 1. The molecule has 0 saturated carbocycles. The Morgan fingerprint density at radius 2 is 1.20 bits per heavy atom. The quantitative estimate of drug-likeness (QED) is 0.489. The van der Waals surface area contributed by atoms with Crippen molar-refractivity contribution in [2.45, 2.75) is 84.5 Å². The first-order valence-electron chi connectivity index (χ1n) is 8.59. The van der Waals surface area contributed by atoms with Crippen LogP contribution in [0.25, 0.3) is 0 Å². The molecule has 1 N–H and O–H groups in total.